The van der Waals surface area contributed by atoms with Gasteiger partial charge in [-0.3, -0.25) is 0 Å². The van der Waals surface area contributed by atoms with Crippen molar-refractivity contribution in [2.45, 2.75) is 19.8 Å². The van der Waals surface area contributed by atoms with Gasteiger partial charge in [-0.25, -0.2) is 0 Å². The van der Waals surface area contributed by atoms with Gasteiger partial charge >= 0.3 is 0 Å². The Balaban J connectivity index is 2.99. The van der Waals surface area contributed by atoms with Crippen LogP contribution in [0.3, 0.4) is 0 Å². The highest BCUT2D eigenvalue weighted by molar-refractivity contribution is 5.64. The number of aldehydes is 1. The molecule has 1 aromatic rings. The van der Waals surface area contributed by atoms with Crippen molar-refractivity contribution in [1.82, 2.24) is 0 Å². The fourth-order valence-corrected chi connectivity index (χ4v) is 1.19. The molecule has 76 valence electrons. The second-order valence-corrected chi connectivity index (χ2v) is 3.16. The topological polar surface area (TPSA) is 52.3 Å². The van der Waals surface area contributed by atoms with Crippen LogP contribution in [0.15, 0.2) is 18.2 Å². The first kappa shape index (κ1) is 10.6. The van der Waals surface area contributed by atoms with Crippen molar-refractivity contribution in [2.75, 3.05) is 12.3 Å². The third kappa shape index (κ3) is 2.25. The third-order valence-electron chi connectivity index (χ3n) is 2.07. The Morgan fingerprint density at radius 3 is 2.86 bits per heavy atom. The summed E-state index contributed by atoms with van der Waals surface area (Å²) in [4.78, 5) is 10.6. The fraction of sp³-hybridized carbons (Fsp3) is 0.364. The number of nitrogens with two attached hydrogens (primary N) is 1. The zero-order valence-electron chi connectivity index (χ0n) is 8.49. The molecule has 0 bridgehead atoms. The Hall–Kier alpha value is -1.51. The van der Waals surface area contributed by atoms with E-state index in [-0.39, 0.29) is 5.92 Å². The minimum absolute atomic E-state index is 0.116. The SMILES string of the molecule is CCOc1cc(C(C)C=O)ccc1N. The van der Waals surface area contributed by atoms with Gasteiger partial charge in [0.25, 0.3) is 0 Å². The van der Waals surface area contributed by atoms with Crippen molar-refractivity contribution in [3.05, 3.63) is 23.8 Å². The molecular formula is C11H15NO2. The van der Waals surface area contributed by atoms with E-state index in [0.717, 1.165) is 11.8 Å². The summed E-state index contributed by atoms with van der Waals surface area (Å²) in [5.41, 5.74) is 7.24. The number of benzene rings is 1. The number of carbonyl (C=O) groups is 1. The van der Waals surface area contributed by atoms with Gasteiger partial charge in [-0.1, -0.05) is 13.0 Å². The standard InChI is InChI=1S/C11H15NO2/c1-3-14-11-6-9(8(2)7-13)4-5-10(11)12/h4-8H,3,12H2,1-2H3. The van der Waals surface area contributed by atoms with Crippen molar-refractivity contribution in [2.24, 2.45) is 0 Å². The van der Waals surface area contributed by atoms with Crippen LogP contribution in [0, 0.1) is 0 Å². The van der Waals surface area contributed by atoms with E-state index in [1.807, 2.05) is 26.0 Å². The predicted molar refractivity (Wildman–Crippen MR) is 56.5 cm³/mol. The molecule has 14 heavy (non-hydrogen) atoms. The summed E-state index contributed by atoms with van der Waals surface area (Å²) in [7, 11) is 0. The molecule has 0 aliphatic rings. The average molecular weight is 193 g/mol. The summed E-state index contributed by atoms with van der Waals surface area (Å²) in [6, 6.07) is 5.43. The van der Waals surface area contributed by atoms with Gasteiger partial charge in [0, 0.05) is 5.92 Å². The van der Waals surface area contributed by atoms with Crippen LogP contribution in [0.5, 0.6) is 5.75 Å². The highest BCUT2D eigenvalue weighted by Crippen LogP contribution is 2.25. The molecule has 3 nitrogen and oxygen atoms in total. The molecule has 0 saturated carbocycles. The van der Waals surface area contributed by atoms with Gasteiger partial charge in [0.2, 0.25) is 0 Å². The van der Waals surface area contributed by atoms with Crippen molar-refractivity contribution >= 4 is 12.0 Å². The molecule has 1 aromatic carbocycles. The normalized spacial score (nSPS) is 12.1. The molecule has 0 aliphatic carbocycles. The van der Waals surface area contributed by atoms with E-state index in [0.29, 0.717) is 18.0 Å². The lowest BCUT2D eigenvalue weighted by Gasteiger charge is -2.10. The smallest absolute Gasteiger partial charge is 0.142 e. The van der Waals surface area contributed by atoms with Crippen LogP contribution in [-0.2, 0) is 4.79 Å². The summed E-state index contributed by atoms with van der Waals surface area (Å²) >= 11 is 0. The second-order valence-electron chi connectivity index (χ2n) is 3.16. The lowest BCUT2D eigenvalue weighted by atomic mass is 10.0. The molecule has 0 aromatic heterocycles. The average Bonchev–Trinajstić information content (AvgIpc) is 2.20. The maximum Gasteiger partial charge on any atom is 0.142 e. The van der Waals surface area contributed by atoms with E-state index in [9.17, 15) is 4.79 Å². The van der Waals surface area contributed by atoms with Crippen LogP contribution in [0.1, 0.15) is 25.3 Å². The Labute approximate surface area is 83.9 Å². The van der Waals surface area contributed by atoms with Gasteiger partial charge in [0.05, 0.1) is 12.3 Å². The van der Waals surface area contributed by atoms with E-state index >= 15 is 0 Å². The maximum absolute atomic E-state index is 10.6. The van der Waals surface area contributed by atoms with Gasteiger partial charge < -0.3 is 15.3 Å². The van der Waals surface area contributed by atoms with Crippen LogP contribution >= 0.6 is 0 Å². The Morgan fingerprint density at radius 2 is 2.29 bits per heavy atom. The molecule has 2 N–H and O–H groups in total. The van der Waals surface area contributed by atoms with Crippen molar-refractivity contribution < 1.29 is 9.53 Å². The van der Waals surface area contributed by atoms with Crippen molar-refractivity contribution in [3.63, 3.8) is 0 Å². The molecular weight excluding hydrogens is 178 g/mol. The van der Waals surface area contributed by atoms with Gasteiger partial charge in [-0.05, 0) is 24.6 Å². The molecule has 1 atom stereocenters. The quantitative estimate of drug-likeness (QED) is 0.587. The van der Waals surface area contributed by atoms with E-state index in [1.54, 1.807) is 6.07 Å². The predicted octanol–water partition coefficient (Wildman–Crippen LogP) is 1.97. The van der Waals surface area contributed by atoms with E-state index in [4.69, 9.17) is 10.5 Å². The minimum atomic E-state index is -0.116. The number of anilines is 1. The number of hydrogen-bond acceptors (Lipinski definition) is 3. The highest BCUT2D eigenvalue weighted by atomic mass is 16.5. The summed E-state index contributed by atoms with van der Waals surface area (Å²) in [6.45, 7) is 4.31. The monoisotopic (exact) mass is 193 g/mol. The fourth-order valence-electron chi connectivity index (χ4n) is 1.19. The van der Waals surface area contributed by atoms with E-state index in [2.05, 4.69) is 0 Å². The first-order valence-electron chi connectivity index (χ1n) is 4.66. The Morgan fingerprint density at radius 1 is 1.57 bits per heavy atom. The summed E-state index contributed by atoms with van der Waals surface area (Å²) in [5.74, 6) is 0.536. The molecule has 0 saturated heterocycles. The van der Waals surface area contributed by atoms with E-state index < -0.39 is 0 Å². The van der Waals surface area contributed by atoms with Crippen LogP contribution < -0.4 is 10.5 Å². The van der Waals surface area contributed by atoms with Crippen LogP contribution in [-0.4, -0.2) is 12.9 Å². The minimum Gasteiger partial charge on any atom is -0.492 e. The number of ether oxygens (including phenoxy) is 1. The molecule has 0 aliphatic heterocycles. The summed E-state index contributed by atoms with van der Waals surface area (Å²) in [5, 5.41) is 0. The van der Waals surface area contributed by atoms with E-state index in [1.165, 1.54) is 0 Å². The maximum atomic E-state index is 10.6. The van der Waals surface area contributed by atoms with Gasteiger partial charge in [-0.2, -0.15) is 0 Å². The molecule has 1 unspecified atom stereocenters. The van der Waals surface area contributed by atoms with Crippen molar-refractivity contribution in [3.8, 4) is 5.75 Å². The number of hydrogen-bond donors (Lipinski definition) is 1. The largest absolute Gasteiger partial charge is 0.492 e. The number of carbonyl (C=O) groups excluding carboxylic acids is 1. The van der Waals surface area contributed by atoms with Crippen LogP contribution in [0.4, 0.5) is 5.69 Å². The van der Waals surface area contributed by atoms with Crippen LogP contribution in [0.25, 0.3) is 0 Å². The number of nitrogen functional groups attached to an aromatic ring is 1. The molecule has 0 spiro atoms. The van der Waals surface area contributed by atoms with Crippen LogP contribution in [0.2, 0.25) is 0 Å². The zero-order chi connectivity index (χ0) is 10.6. The summed E-state index contributed by atoms with van der Waals surface area (Å²) < 4.78 is 5.33. The lowest BCUT2D eigenvalue weighted by Crippen LogP contribution is -2.00. The molecule has 3 heteroatoms. The number of rotatable bonds is 4. The Kier molecular flexibility index (Phi) is 3.51. The first-order valence-corrected chi connectivity index (χ1v) is 4.66. The van der Waals surface area contributed by atoms with Gasteiger partial charge in [0.15, 0.2) is 0 Å². The lowest BCUT2D eigenvalue weighted by molar-refractivity contribution is -0.108. The third-order valence-corrected chi connectivity index (χ3v) is 2.07. The van der Waals surface area contributed by atoms with Gasteiger partial charge in [0.1, 0.15) is 12.0 Å². The molecule has 0 amide bonds. The summed E-state index contributed by atoms with van der Waals surface area (Å²) in [6.07, 6.45) is 0.904. The zero-order valence-corrected chi connectivity index (χ0v) is 8.49. The molecule has 1 rings (SSSR count). The molecule has 0 heterocycles. The Bertz CT molecular complexity index is 323. The van der Waals surface area contributed by atoms with Gasteiger partial charge in [-0.15, -0.1) is 0 Å². The molecule has 0 radical (unpaired) electrons. The second kappa shape index (κ2) is 4.65. The molecule has 0 fully saturated rings. The van der Waals surface area contributed by atoms with Crippen molar-refractivity contribution in [1.29, 1.82) is 0 Å². The highest BCUT2D eigenvalue weighted by Gasteiger charge is 2.07. The first-order chi connectivity index (χ1) is 6.69.